The summed E-state index contributed by atoms with van der Waals surface area (Å²) in [7, 11) is -3.74. The highest BCUT2D eigenvalue weighted by molar-refractivity contribution is 7.92. The molecule has 0 aliphatic rings. The molecule has 1 N–H and O–H groups in total. The average molecular weight is 362 g/mol. The number of hydrogen-bond acceptors (Lipinski definition) is 5. The van der Waals surface area contributed by atoms with Gasteiger partial charge in [-0.05, 0) is 25.1 Å². The van der Waals surface area contributed by atoms with Gasteiger partial charge in [-0.3, -0.25) is 4.79 Å². The number of halogens is 2. The first-order valence-electron chi connectivity index (χ1n) is 6.33. The molecule has 0 saturated carbocycles. The minimum absolute atomic E-state index is 0.00251. The van der Waals surface area contributed by atoms with Crippen molar-refractivity contribution in [3.63, 3.8) is 0 Å². The minimum Gasteiger partial charge on any atom is -0.360 e. The Bertz CT molecular complexity index is 837. The van der Waals surface area contributed by atoms with E-state index in [9.17, 15) is 17.6 Å². The smallest absolute Gasteiger partial charge is 0.245 e. The van der Waals surface area contributed by atoms with Crippen molar-refractivity contribution < 1.29 is 22.1 Å². The Morgan fingerprint density at radius 3 is 2.65 bits per heavy atom. The van der Waals surface area contributed by atoms with Crippen LogP contribution in [0.2, 0.25) is 5.02 Å². The predicted octanol–water partition coefficient (Wildman–Crippen LogP) is 2.18. The SMILES string of the molecule is Cc1cc(N(CC(=O)Nc2ccc(F)c(Cl)c2)S(C)(=O)=O)no1. The lowest BCUT2D eigenvalue weighted by Crippen LogP contribution is -2.37. The van der Waals surface area contributed by atoms with E-state index in [1.165, 1.54) is 18.2 Å². The van der Waals surface area contributed by atoms with Crippen molar-refractivity contribution in [3.05, 3.63) is 40.9 Å². The fraction of sp³-hybridized carbons (Fsp3) is 0.231. The van der Waals surface area contributed by atoms with Crippen molar-refractivity contribution in [2.75, 3.05) is 22.4 Å². The number of nitrogens with one attached hydrogen (secondary N) is 1. The van der Waals surface area contributed by atoms with Gasteiger partial charge < -0.3 is 9.84 Å². The van der Waals surface area contributed by atoms with Gasteiger partial charge >= 0.3 is 0 Å². The number of aromatic nitrogens is 1. The van der Waals surface area contributed by atoms with E-state index in [0.717, 1.165) is 16.6 Å². The number of anilines is 2. The Balaban J connectivity index is 2.16. The third-order valence-corrected chi connectivity index (χ3v) is 4.17. The summed E-state index contributed by atoms with van der Waals surface area (Å²) in [6.07, 6.45) is 0.944. The zero-order valence-corrected chi connectivity index (χ0v) is 13.8. The normalized spacial score (nSPS) is 11.3. The molecular formula is C13H13ClFN3O4S. The molecule has 10 heteroatoms. The van der Waals surface area contributed by atoms with Gasteiger partial charge in [-0.15, -0.1) is 0 Å². The van der Waals surface area contributed by atoms with E-state index >= 15 is 0 Å². The summed E-state index contributed by atoms with van der Waals surface area (Å²) in [5.41, 5.74) is 0.242. The summed E-state index contributed by atoms with van der Waals surface area (Å²) >= 11 is 5.62. The average Bonchev–Trinajstić information content (AvgIpc) is 2.85. The van der Waals surface area contributed by atoms with E-state index in [1.54, 1.807) is 6.92 Å². The molecule has 1 heterocycles. The number of aryl methyl sites for hydroxylation is 1. The molecule has 1 amide bonds. The largest absolute Gasteiger partial charge is 0.360 e. The number of nitrogens with zero attached hydrogens (tertiary/aromatic N) is 2. The second-order valence-electron chi connectivity index (χ2n) is 4.74. The van der Waals surface area contributed by atoms with Crippen LogP contribution < -0.4 is 9.62 Å². The predicted molar refractivity (Wildman–Crippen MR) is 83.5 cm³/mol. The molecule has 0 atom stereocenters. The molecule has 0 bridgehead atoms. The molecule has 0 radical (unpaired) electrons. The Morgan fingerprint density at radius 2 is 2.13 bits per heavy atom. The van der Waals surface area contributed by atoms with Crippen molar-refractivity contribution >= 4 is 39.0 Å². The third kappa shape index (κ3) is 4.42. The van der Waals surface area contributed by atoms with Crippen molar-refractivity contribution in [2.24, 2.45) is 0 Å². The maximum atomic E-state index is 13.1. The van der Waals surface area contributed by atoms with Crippen LogP contribution in [0.25, 0.3) is 0 Å². The van der Waals surface area contributed by atoms with Crippen molar-refractivity contribution in [1.29, 1.82) is 0 Å². The lowest BCUT2D eigenvalue weighted by Gasteiger charge is -2.18. The molecule has 0 spiro atoms. The third-order valence-electron chi connectivity index (χ3n) is 2.76. The van der Waals surface area contributed by atoms with Crippen molar-refractivity contribution in [2.45, 2.75) is 6.92 Å². The monoisotopic (exact) mass is 361 g/mol. The van der Waals surface area contributed by atoms with Gasteiger partial charge in [0.15, 0.2) is 5.82 Å². The van der Waals surface area contributed by atoms with E-state index < -0.39 is 28.3 Å². The maximum Gasteiger partial charge on any atom is 0.245 e. The molecule has 23 heavy (non-hydrogen) atoms. The summed E-state index contributed by atoms with van der Waals surface area (Å²) in [4.78, 5) is 12.0. The van der Waals surface area contributed by atoms with Gasteiger partial charge in [0.05, 0.1) is 11.3 Å². The molecule has 7 nitrogen and oxygen atoms in total. The van der Waals surface area contributed by atoms with Gasteiger partial charge in [0, 0.05) is 11.8 Å². The molecule has 0 saturated heterocycles. The van der Waals surface area contributed by atoms with Gasteiger partial charge in [-0.2, -0.15) is 0 Å². The summed E-state index contributed by atoms with van der Waals surface area (Å²) < 4.78 is 42.3. The number of carbonyl (C=O) groups excluding carboxylic acids is 1. The second-order valence-corrected chi connectivity index (χ2v) is 7.06. The van der Waals surface area contributed by atoms with E-state index in [0.29, 0.717) is 5.76 Å². The first-order chi connectivity index (χ1) is 10.7. The van der Waals surface area contributed by atoms with E-state index in [-0.39, 0.29) is 16.5 Å². The molecule has 2 aromatic rings. The first kappa shape index (κ1) is 17.2. The molecule has 1 aromatic carbocycles. The fourth-order valence-electron chi connectivity index (χ4n) is 1.74. The number of carbonyl (C=O) groups is 1. The van der Waals surface area contributed by atoms with Crippen LogP contribution in [-0.4, -0.2) is 32.3 Å². The molecular weight excluding hydrogens is 349 g/mol. The van der Waals surface area contributed by atoms with E-state index in [1.807, 2.05) is 0 Å². The number of hydrogen-bond donors (Lipinski definition) is 1. The summed E-state index contributed by atoms with van der Waals surface area (Å²) in [5, 5.41) is 5.87. The number of sulfonamides is 1. The number of benzene rings is 1. The fourth-order valence-corrected chi connectivity index (χ4v) is 2.70. The lowest BCUT2D eigenvalue weighted by molar-refractivity contribution is -0.114. The Hall–Kier alpha value is -2.13. The van der Waals surface area contributed by atoms with Crippen LogP contribution in [0, 0.1) is 12.7 Å². The van der Waals surface area contributed by atoms with Crippen LogP contribution in [0.1, 0.15) is 5.76 Å². The Kier molecular flexibility index (Phi) is 4.90. The molecule has 2 rings (SSSR count). The van der Waals surface area contributed by atoms with Gasteiger partial charge in [0.1, 0.15) is 18.1 Å². The molecule has 0 aliphatic heterocycles. The molecule has 1 aromatic heterocycles. The van der Waals surface area contributed by atoms with Crippen molar-refractivity contribution in [3.8, 4) is 0 Å². The van der Waals surface area contributed by atoms with Gasteiger partial charge in [-0.25, -0.2) is 17.1 Å². The highest BCUT2D eigenvalue weighted by atomic mass is 35.5. The van der Waals surface area contributed by atoms with E-state index in [2.05, 4.69) is 10.5 Å². The van der Waals surface area contributed by atoms with Gasteiger partial charge in [-0.1, -0.05) is 16.8 Å². The summed E-state index contributed by atoms with van der Waals surface area (Å²) in [5.74, 6) is -0.865. The maximum absolute atomic E-state index is 13.1. The van der Waals surface area contributed by atoms with Gasteiger partial charge in [0.25, 0.3) is 0 Å². The van der Waals surface area contributed by atoms with Crippen LogP contribution >= 0.6 is 11.6 Å². The molecule has 0 unspecified atom stereocenters. The summed E-state index contributed by atoms with van der Waals surface area (Å²) in [6.45, 7) is 1.08. The Labute approximate surface area is 137 Å². The zero-order valence-electron chi connectivity index (χ0n) is 12.2. The highest BCUT2D eigenvalue weighted by Gasteiger charge is 2.24. The van der Waals surface area contributed by atoms with Crippen molar-refractivity contribution in [1.82, 2.24) is 5.16 Å². The quantitative estimate of drug-likeness (QED) is 0.881. The van der Waals surface area contributed by atoms with Crippen LogP contribution in [0.4, 0.5) is 15.9 Å². The molecule has 124 valence electrons. The first-order valence-corrected chi connectivity index (χ1v) is 8.55. The van der Waals surface area contributed by atoms with Crippen LogP contribution in [0.15, 0.2) is 28.8 Å². The zero-order chi connectivity index (χ0) is 17.2. The Morgan fingerprint density at radius 1 is 1.43 bits per heavy atom. The van der Waals surface area contributed by atoms with Crippen LogP contribution in [0.3, 0.4) is 0 Å². The highest BCUT2D eigenvalue weighted by Crippen LogP contribution is 2.20. The molecule has 0 aliphatic carbocycles. The van der Waals surface area contributed by atoms with E-state index in [4.69, 9.17) is 16.1 Å². The lowest BCUT2D eigenvalue weighted by atomic mass is 10.3. The number of amides is 1. The standard InChI is InChI=1S/C13H13ClFN3O4S/c1-8-5-12(17-22-8)18(23(2,20)21)7-13(19)16-9-3-4-11(15)10(14)6-9/h3-6H,7H2,1-2H3,(H,16,19). The van der Waals surface area contributed by atoms with Gasteiger partial charge in [0.2, 0.25) is 15.9 Å². The topological polar surface area (TPSA) is 92.5 Å². The number of rotatable bonds is 5. The second kappa shape index (κ2) is 6.55. The van der Waals surface area contributed by atoms with Crippen LogP contribution in [-0.2, 0) is 14.8 Å². The van der Waals surface area contributed by atoms with Crippen LogP contribution in [0.5, 0.6) is 0 Å². The minimum atomic E-state index is -3.74. The molecule has 0 fully saturated rings. The summed E-state index contributed by atoms with van der Waals surface area (Å²) in [6, 6.07) is 5.01.